The first kappa shape index (κ1) is 13.7. The van der Waals surface area contributed by atoms with E-state index in [1.807, 2.05) is 17.7 Å². The van der Waals surface area contributed by atoms with Gasteiger partial charge in [-0.05, 0) is 24.8 Å². The van der Waals surface area contributed by atoms with Crippen LogP contribution in [0.2, 0.25) is 0 Å². The van der Waals surface area contributed by atoms with E-state index < -0.39 is 0 Å². The van der Waals surface area contributed by atoms with E-state index in [4.69, 9.17) is 0 Å². The van der Waals surface area contributed by atoms with Gasteiger partial charge in [0.05, 0.1) is 0 Å². The molecule has 1 heterocycles. The van der Waals surface area contributed by atoms with Gasteiger partial charge in [-0.2, -0.15) is 11.3 Å². The SMILES string of the molecule is CCN(C)C(=O)CCCNC(=O)c1ccsc1. The highest BCUT2D eigenvalue weighted by atomic mass is 32.1. The molecule has 0 aromatic carbocycles. The van der Waals surface area contributed by atoms with Crippen LogP contribution in [-0.2, 0) is 4.79 Å². The predicted octanol–water partition coefficient (Wildman–Crippen LogP) is 1.74. The second kappa shape index (κ2) is 7.06. The number of hydrogen-bond acceptors (Lipinski definition) is 3. The van der Waals surface area contributed by atoms with Gasteiger partial charge in [0.25, 0.3) is 5.91 Å². The molecule has 0 radical (unpaired) electrons. The summed E-state index contributed by atoms with van der Waals surface area (Å²) in [5.41, 5.74) is 0.687. The van der Waals surface area contributed by atoms with Crippen molar-refractivity contribution in [1.82, 2.24) is 10.2 Å². The molecule has 0 bridgehead atoms. The Labute approximate surface area is 106 Å². The van der Waals surface area contributed by atoms with Gasteiger partial charge in [0.2, 0.25) is 5.91 Å². The topological polar surface area (TPSA) is 49.4 Å². The zero-order valence-electron chi connectivity index (χ0n) is 10.2. The zero-order valence-corrected chi connectivity index (χ0v) is 11.0. The van der Waals surface area contributed by atoms with Crippen LogP contribution in [0.15, 0.2) is 16.8 Å². The smallest absolute Gasteiger partial charge is 0.252 e. The lowest BCUT2D eigenvalue weighted by Crippen LogP contribution is -2.28. The van der Waals surface area contributed by atoms with Crippen molar-refractivity contribution >= 4 is 23.2 Å². The normalized spacial score (nSPS) is 10.0. The van der Waals surface area contributed by atoms with Crippen LogP contribution in [0, 0.1) is 0 Å². The molecular weight excluding hydrogens is 236 g/mol. The Balaban J connectivity index is 2.16. The lowest BCUT2D eigenvalue weighted by Gasteiger charge is -2.14. The molecule has 4 nitrogen and oxygen atoms in total. The van der Waals surface area contributed by atoms with E-state index in [1.165, 1.54) is 11.3 Å². The van der Waals surface area contributed by atoms with Gasteiger partial charge in [0.1, 0.15) is 0 Å². The highest BCUT2D eigenvalue weighted by Crippen LogP contribution is 2.05. The molecular formula is C12H18N2O2S. The van der Waals surface area contributed by atoms with Crippen LogP contribution in [0.4, 0.5) is 0 Å². The van der Waals surface area contributed by atoms with Crippen LogP contribution in [0.5, 0.6) is 0 Å². The molecule has 0 atom stereocenters. The first-order valence-electron chi connectivity index (χ1n) is 5.69. The Hall–Kier alpha value is -1.36. The number of nitrogens with one attached hydrogen (secondary N) is 1. The number of amides is 2. The third kappa shape index (κ3) is 4.56. The van der Waals surface area contributed by atoms with Crippen molar-refractivity contribution in [3.05, 3.63) is 22.4 Å². The van der Waals surface area contributed by atoms with E-state index in [9.17, 15) is 9.59 Å². The van der Waals surface area contributed by atoms with Crippen molar-refractivity contribution in [2.45, 2.75) is 19.8 Å². The maximum Gasteiger partial charge on any atom is 0.252 e. The van der Waals surface area contributed by atoms with E-state index in [0.717, 1.165) is 6.54 Å². The molecule has 0 aliphatic rings. The van der Waals surface area contributed by atoms with Gasteiger partial charge < -0.3 is 10.2 Å². The average Bonchev–Trinajstić information content (AvgIpc) is 2.86. The van der Waals surface area contributed by atoms with E-state index in [0.29, 0.717) is 24.9 Å². The lowest BCUT2D eigenvalue weighted by atomic mass is 10.2. The minimum Gasteiger partial charge on any atom is -0.352 e. The van der Waals surface area contributed by atoms with E-state index in [-0.39, 0.29) is 11.8 Å². The maximum absolute atomic E-state index is 11.5. The summed E-state index contributed by atoms with van der Waals surface area (Å²) in [7, 11) is 1.78. The molecule has 1 aromatic heterocycles. The van der Waals surface area contributed by atoms with Crippen LogP contribution >= 0.6 is 11.3 Å². The molecule has 0 aliphatic heterocycles. The highest BCUT2D eigenvalue weighted by molar-refractivity contribution is 7.08. The Morgan fingerprint density at radius 3 is 2.82 bits per heavy atom. The molecule has 5 heteroatoms. The lowest BCUT2D eigenvalue weighted by molar-refractivity contribution is -0.129. The minimum atomic E-state index is -0.0671. The Bertz CT molecular complexity index is 363. The summed E-state index contributed by atoms with van der Waals surface area (Å²) >= 11 is 1.50. The van der Waals surface area contributed by atoms with Crippen molar-refractivity contribution in [3.63, 3.8) is 0 Å². The number of nitrogens with zero attached hydrogens (tertiary/aromatic N) is 1. The molecule has 0 saturated carbocycles. The fourth-order valence-corrected chi connectivity index (χ4v) is 1.94. The summed E-state index contributed by atoms with van der Waals surface area (Å²) < 4.78 is 0. The molecule has 1 rings (SSSR count). The largest absolute Gasteiger partial charge is 0.352 e. The summed E-state index contributed by atoms with van der Waals surface area (Å²) in [6.45, 7) is 3.20. The van der Waals surface area contributed by atoms with Crippen LogP contribution in [0.25, 0.3) is 0 Å². The minimum absolute atomic E-state index is 0.0671. The third-order valence-electron chi connectivity index (χ3n) is 2.54. The predicted molar refractivity (Wildman–Crippen MR) is 69.2 cm³/mol. The summed E-state index contributed by atoms with van der Waals surface area (Å²) in [6.07, 6.45) is 1.16. The highest BCUT2D eigenvalue weighted by Gasteiger charge is 2.07. The molecule has 0 fully saturated rings. The second-order valence-corrected chi connectivity index (χ2v) is 4.56. The fourth-order valence-electron chi connectivity index (χ4n) is 1.30. The molecule has 0 saturated heterocycles. The Morgan fingerprint density at radius 1 is 1.47 bits per heavy atom. The first-order valence-corrected chi connectivity index (χ1v) is 6.63. The number of thiophene rings is 1. The van der Waals surface area contributed by atoms with Crippen LogP contribution in [0.1, 0.15) is 30.1 Å². The van der Waals surface area contributed by atoms with Crippen molar-refractivity contribution in [2.75, 3.05) is 20.1 Å². The van der Waals surface area contributed by atoms with Gasteiger partial charge >= 0.3 is 0 Å². The number of rotatable bonds is 6. The number of carbonyl (C=O) groups excluding carboxylic acids is 2. The van der Waals surface area contributed by atoms with Crippen molar-refractivity contribution in [3.8, 4) is 0 Å². The summed E-state index contributed by atoms with van der Waals surface area (Å²) in [5.74, 6) is 0.0554. The fraction of sp³-hybridized carbons (Fsp3) is 0.500. The molecule has 0 unspecified atom stereocenters. The van der Waals surface area contributed by atoms with Gasteiger partial charge in [-0.15, -0.1) is 0 Å². The third-order valence-corrected chi connectivity index (χ3v) is 3.22. The van der Waals surface area contributed by atoms with Gasteiger partial charge in [0, 0.05) is 37.5 Å². The molecule has 1 aromatic rings. The monoisotopic (exact) mass is 254 g/mol. The molecule has 1 N–H and O–H groups in total. The Kier molecular flexibility index (Phi) is 5.69. The molecule has 0 aliphatic carbocycles. The van der Waals surface area contributed by atoms with Gasteiger partial charge in [-0.1, -0.05) is 0 Å². The zero-order chi connectivity index (χ0) is 12.7. The van der Waals surface area contributed by atoms with Gasteiger partial charge in [-0.25, -0.2) is 0 Å². The quantitative estimate of drug-likeness (QED) is 0.786. The van der Waals surface area contributed by atoms with Gasteiger partial charge in [-0.3, -0.25) is 9.59 Å². The van der Waals surface area contributed by atoms with Crippen LogP contribution < -0.4 is 5.32 Å². The number of carbonyl (C=O) groups is 2. The second-order valence-electron chi connectivity index (χ2n) is 3.78. The molecule has 94 valence electrons. The molecule has 0 spiro atoms. The maximum atomic E-state index is 11.5. The molecule has 17 heavy (non-hydrogen) atoms. The number of hydrogen-bond donors (Lipinski definition) is 1. The standard InChI is InChI=1S/C12H18N2O2S/c1-3-14(2)11(15)5-4-7-13-12(16)10-6-8-17-9-10/h6,8-9H,3-5,7H2,1-2H3,(H,13,16). The van der Waals surface area contributed by atoms with Crippen LogP contribution in [0.3, 0.4) is 0 Å². The molecule has 2 amide bonds. The van der Waals surface area contributed by atoms with Crippen molar-refractivity contribution < 1.29 is 9.59 Å². The van der Waals surface area contributed by atoms with E-state index in [1.54, 1.807) is 18.0 Å². The Morgan fingerprint density at radius 2 is 2.24 bits per heavy atom. The summed E-state index contributed by atoms with van der Waals surface area (Å²) in [5, 5.41) is 6.47. The van der Waals surface area contributed by atoms with Crippen LogP contribution in [-0.4, -0.2) is 36.9 Å². The van der Waals surface area contributed by atoms with Gasteiger partial charge in [0.15, 0.2) is 0 Å². The summed E-state index contributed by atoms with van der Waals surface area (Å²) in [6, 6.07) is 1.79. The van der Waals surface area contributed by atoms with Crippen molar-refractivity contribution in [1.29, 1.82) is 0 Å². The van der Waals surface area contributed by atoms with Crippen molar-refractivity contribution in [2.24, 2.45) is 0 Å². The average molecular weight is 254 g/mol. The van der Waals surface area contributed by atoms with E-state index >= 15 is 0 Å². The summed E-state index contributed by atoms with van der Waals surface area (Å²) in [4.78, 5) is 24.7. The first-order chi connectivity index (χ1) is 8.15. The van der Waals surface area contributed by atoms with E-state index in [2.05, 4.69) is 5.32 Å².